The van der Waals surface area contributed by atoms with E-state index < -0.39 is 23.4 Å². The fraction of sp³-hybridized carbons (Fsp3) is 0.407. The second-order valence-corrected chi connectivity index (χ2v) is 9.02. The Kier molecular flexibility index (Phi) is 6.42. The first kappa shape index (κ1) is 22.6. The Hall–Kier alpha value is -2.61. The van der Waals surface area contributed by atoms with Gasteiger partial charge in [-0.15, -0.1) is 6.58 Å². The van der Waals surface area contributed by atoms with Crippen LogP contribution in [0.3, 0.4) is 0 Å². The molecule has 5 heteroatoms. The van der Waals surface area contributed by atoms with E-state index in [1.165, 1.54) is 44.1 Å². The minimum absolute atomic E-state index is 0.134. The predicted molar refractivity (Wildman–Crippen MR) is 115 cm³/mol. The highest BCUT2D eigenvalue weighted by molar-refractivity contribution is 5.45. The van der Waals surface area contributed by atoms with Crippen LogP contribution in [0.15, 0.2) is 49.1 Å². The van der Waals surface area contributed by atoms with Crippen molar-refractivity contribution in [3.8, 4) is 11.8 Å². The second kappa shape index (κ2) is 9.10. The van der Waals surface area contributed by atoms with Gasteiger partial charge in [0.2, 0.25) is 0 Å². The summed E-state index contributed by atoms with van der Waals surface area (Å²) < 4.78 is 65.5. The highest BCUT2D eigenvalue weighted by atomic mass is 19.4. The predicted octanol–water partition coefficient (Wildman–Crippen LogP) is 7.87. The zero-order chi connectivity index (χ0) is 22.9. The number of hydrogen-bond donors (Lipinski definition) is 0. The zero-order valence-corrected chi connectivity index (χ0v) is 17.7. The van der Waals surface area contributed by atoms with Crippen molar-refractivity contribution >= 4 is 0 Å². The maximum Gasteiger partial charge on any atom is 0.422 e. The molecule has 0 aliphatic heterocycles. The smallest absolute Gasteiger partial charge is 0.206 e. The first-order valence-electron chi connectivity index (χ1n) is 11.1. The van der Waals surface area contributed by atoms with Gasteiger partial charge in [0.05, 0.1) is 0 Å². The van der Waals surface area contributed by atoms with E-state index in [2.05, 4.69) is 24.5 Å². The fourth-order valence-corrected chi connectivity index (χ4v) is 5.34. The Morgan fingerprint density at radius 1 is 0.812 bits per heavy atom. The van der Waals surface area contributed by atoms with Gasteiger partial charge in [0.25, 0.3) is 0 Å². The maximum absolute atomic E-state index is 13.7. The summed E-state index contributed by atoms with van der Waals surface area (Å²) in [6, 6.07) is 9.04. The molecule has 32 heavy (non-hydrogen) atoms. The fourth-order valence-electron chi connectivity index (χ4n) is 5.34. The Balaban J connectivity index is 1.44. The summed E-state index contributed by atoms with van der Waals surface area (Å²) in [7, 11) is 0. The summed E-state index contributed by atoms with van der Waals surface area (Å²) in [6.45, 7) is 3.96. The van der Waals surface area contributed by atoms with Gasteiger partial charge >= 0.3 is 6.18 Å². The molecular formula is C27H25F5. The van der Waals surface area contributed by atoms with E-state index in [0.29, 0.717) is 29.5 Å². The Bertz CT molecular complexity index is 1020. The molecule has 4 atom stereocenters. The molecule has 2 saturated carbocycles. The van der Waals surface area contributed by atoms with Crippen molar-refractivity contribution in [2.24, 2.45) is 17.8 Å². The molecule has 168 valence electrons. The van der Waals surface area contributed by atoms with Crippen LogP contribution < -0.4 is 0 Å². The zero-order valence-electron chi connectivity index (χ0n) is 17.7. The van der Waals surface area contributed by atoms with Gasteiger partial charge in [0.15, 0.2) is 0 Å². The van der Waals surface area contributed by atoms with E-state index in [1.54, 1.807) is 0 Å². The lowest BCUT2D eigenvalue weighted by molar-refractivity contribution is -0.142. The van der Waals surface area contributed by atoms with Crippen molar-refractivity contribution < 1.29 is 22.0 Å². The van der Waals surface area contributed by atoms with Gasteiger partial charge in [-0.1, -0.05) is 30.0 Å². The van der Waals surface area contributed by atoms with Crippen molar-refractivity contribution in [2.45, 2.75) is 50.6 Å². The monoisotopic (exact) mass is 444 g/mol. The molecule has 4 unspecified atom stereocenters. The number of alkyl halides is 3. The summed E-state index contributed by atoms with van der Waals surface area (Å²) in [5.74, 6) is 4.80. The Morgan fingerprint density at radius 2 is 1.41 bits per heavy atom. The third-order valence-corrected chi connectivity index (χ3v) is 7.05. The van der Waals surface area contributed by atoms with Gasteiger partial charge in [-0.25, -0.2) is 8.78 Å². The van der Waals surface area contributed by atoms with Gasteiger partial charge in [-0.05, 0) is 92.0 Å². The quantitative estimate of drug-likeness (QED) is 0.251. The lowest BCUT2D eigenvalue weighted by Crippen LogP contribution is -2.29. The highest BCUT2D eigenvalue weighted by Gasteiger charge is 2.38. The molecule has 0 N–H and O–H groups in total. The molecule has 0 saturated heterocycles. The first-order chi connectivity index (χ1) is 15.2. The summed E-state index contributed by atoms with van der Waals surface area (Å²) in [6.07, 6.45) is 4.39. The van der Waals surface area contributed by atoms with Crippen LogP contribution in [-0.4, -0.2) is 0 Å². The number of rotatable bonds is 2. The van der Waals surface area contributed by atoms with Crippen LogP contribution in [0.5, 0.6) is 0 Å². The van der Waals surface area contributed by atoms with Crippen LogP contribution in [0.25, 0.3) is 0 Å². The van der Waals surface area contributed by atoms with Crippen molar-refractivity contribution in [3.63, 3.8) is 0 Å². The van der Waals surface area contributed by atoms with E-state index in [4.69, 9.17) is 0 Å². The highest BCUT2D eigenvalue weighted by Crippen LogP contribution is 2.47. The molecule has 0 nitrogen and oxygen atoms in total. The molecule has 2 aliphatic rings. The normalized spacial score (nSPS) is 25.4. The van der Waals surface area contributed by atoms with Crippen LogP contribution in [0.4, 0.5) is 22.0 Å². The number of allylic oxidation sites excluding steroid dienone is 1. The molecule has 0 spiro atoms. The lowest BCUT2D eigenvalue weighted by Gasteiger charge is -2.41. The topological polar surface area (TPSA) is 0 Å². The van der Waals surface area contributed by atoms with E-state index in [9.17, 15) is 22.0 Å². The van der Waals surface area contributed by atoms with Crippen molar-refractivity contribution in [3.05, 3.63) is 82.9 Å². The van der Waals surface area contributed by atoms with E-state index in [0.717, 1.165) is 11.8 Å². The van der Waals surface area contributed by atoms with Crippen LogP contribution in [0.2, 0.25) is 0 Å². The molecular weight excluding hydrogens is 419 g/mol. The molecule has 0 heterocycles. The van der Waals surface area contributed by atoms with Crippen molar-refractivity contribution in [2.75, 3.05) is 0 Å². The standard InChI is InChI=1S/C27H25F5/c1-2-17-5-10-23-16-22(12-11-21(23)13-17)20-8-6-18(7-9-20)3-4-19-14-24(28)26(25(29)15-19)27(30,31)32/h2,6-9,14-15,17,21-23H,1,5,10-13,16H2. The summed E-state index contributed by atoms with van der Waals surface area (Å²) in [4.78, 5) is 0. The van der Waals surface area contributed by atoms with Crippen LogP contribution in [-0.2, 0) is 6.18 Å². The summed E-state index contributed by atoms with van der Waals surface area (Å²) >= 11 is 0. The van der Waals surface area contributed by atoms with Gasteiger partial charge in [-0.2, -0.15) is 13.2 Å². The Labute approximate surface area is 185 Å². The summed E-state index contributed by atoms with van der Waals surface area (Å²) in [5.41, 5.74) is -0.105. The van der Waals surface area contributed by atoms with Crippen LogP contribution in [0.1, 0.15) is 66.7 Å². The average Bonchev–Trinajstić information content (AvgIpc) is 2.76. The lowest BCUT2D eigenvalue weighted by atomic mass is 9.64. The molecule has 0 amide bonds. The molecule has 2 aromatic carbocycles. The van der Waals surface area contributed by atoms with Gasteiger partial charge in [0.1, 0.15) is 17.2 Å². The van der Waals surface area contributed by atoms with Crippen molar-refractivity contribution in [1.82, 2.24) is 0 Å². The Morgan fingerprint density at radius 3 is 2.03 bits per heavy atom. The largest absolute Gasteiger partial charge is 0.422 e. The van der Waals surface area contributed by atoms with Crippen LogP contribution >= 0.6 is 0 Å². The van der Waals surface area contributed by atoms with E-state index in [1.807, 2.05) is 24.3 Å². The first-order valence-corrected chi connectivity index (χ1v) is 11.1. The van der Waals surface area contributed by atoms with Crippen molar-refractivity contribution in [1.29, 1.82) is 0 Å². The third kappa shape index (κ3) is 4.90. The molecule has 4 rings (SSSR count). The second-order valence-electron chi connectivity index (χ2n) is 9.02. The number of hydrogen-bond acceptors (Lipinski definition) is 0. The van der Waals surface area contributed by atoms with Crippen LogP contribution in [0, 0.1) is 41.2 Å². The number of benzene rings is 2. The summed E-state index contributed by atoms with van der Waals surface area (Å²) in [5, 5.41) is 0. The van der Waals surface area contributed by atoms with E-state index >= 15 is 0 Å². The number of halogens is 5. The molecule has 2 aliphatic carbocycles. The maximum atomic E-state index is 13.7. The molecule has 0 aromatic heterocycles. The van der Waals surface area contributed by atoms with Gasteiger partial charge in [-0.3, -0.25) is 0 Å². The minimum Gasteiger partial charge on any atom is -0.206 e. The van der Waals surface area contributed by atoms with E-state index in [-0.39, 0.29) is 5.56 Å². The molecule has 2 fully saturated rings. The SMILES string of the molecule is C=CC1CCC2CC(c3ccc(C#Cc4cc(F)c(C(F)(F)F)c(F)c4)cc3)CCC2C1. The van der Waals surface area contributed by atoms with Gasteiger partial charge < -0.3 is 0 Å². The molecule has 2 aromatic rings. The minimum atomic E-state index is -5.08. The third-order valence-electron chi connectivity index (χ3n) is 7.05. The molecule has 0 bridgehead atoms. The molecule has 0 radical (unpaired) electrons. The average molecular weight is 444 g/mol. The van der Waals surface area contributed by atoms with Gasteiger partial charge in [0, 0.05) is 11.1 Å². The number of fused-ring (bicyclic) bond motifs is 1.